The van der Waals surface area contributed by atoms with Gasteiger partial charge in [-0.05, 0) is 116 Å². The highest BCUT2D eigenvalue weighted by molar-refractivity contribution is 4.93. The van der Waals surface area contributed by atoms with Gasteiger partial charge in [0.25, 0.3) is 0 Å². The molecule has 0 radical (unpaired) electrons. The number of hydrogen-bond acceptors (Lipinski definition) is 3. The van der Waals surface area contributed by atoms with Gasteiger partial charge in [-0.2, -0.15) is 0 Å². The Morgan fingerprint density at radius 2 is 0.918 bits per heavy atom. The number of ether oxygens (including phenoxy) is 1. The van der Waals surface area contributed by atoms with Crippen LogP contribution < -0.4 is 0 Å². The highest BCUT2D eigenvalue weighted by Crippen LogP contribution is 2.15. The van der Waals surface area contributed by atoms with Crippen molar-refractivity contribution in [1.29, 1.82) is 0 Å². The topological polar surface area (TPSA) is 15.7 Å². The molecule has 1 saturated heterocycles. The molecule has 3 nitrogen and oxygen atoms in total. The number of rotatable bonds is 36. The molecule has 0 saturated carbocycles. The van der Waals surface area contributed by atoms with Gasteiger partial charge in [-0.15, -0.1) is 0 Å². The van der Waals surface area contributed by atoms with E-state index in [1.807, 2.05) is 0 Å². The lowest BCUT2D eigenvalue weighted by Crippen LogP contribution is -2.31. The summed E-state index contributed by atoms with van der Waals surface area (Å²) in [7, 11) is 0. The van der Waals surface area contributed by atoms with Crippen LogP contribution in [0.2, 0.25) is 0 Å². The molecule has 0 N–H and O–H groups in total. The zero-order valence-corrected chi connectivity index (χ0v) is 33.2. The van der Waals surface area contributed by atoms with Gasteiger partial charge in [0.05, 0.1) is 6.61 Å². The van der Waals surface area contributed by atoms with Gasteiger partial charge in [0.1, 0.15) is 0 Å². The van der Waals surface area contributed by atoms with E-state index in [1.165, 1.54) is 180 Å². The van der Waals surface area contributed by atoms with Crippen LogP contribution in [0.15, 0.2) is 61.1 Å². The van der Waals surface area contributed by atoms with Crippen molar-refractivity contribution in [3.05, 3.63) is 61.1 Å². The summed E-state index contributed by atoms with van der Waals surface area (Å²) in [5.41, 5.74) is 0. The average molecular weight is 681 g/mol. The molecule has 0 aromatic heterocycles. The van der Waals surface area contributed by atoms with Gasteiger partial charge in [0.2, 0.25) is 0 Å². The van der Waals surface area contributed by atoms with Crippen LogP contribution in [-0.2, 0) is 4.74 Å². The second-order valence-electron chi connectivity index (χ2n) is 14.7. The first-order valence-electron chi connectivity index (χ1n) is 21.7. The third kappa shape index (κ3) is 31.9. The van der Waals surface area contributed by atoms with Gasteiger partial charge >= 0.3 is 0 Å². The predicted octanol–water partition coefficient (Wildman–Crippen LogP) is 14.3. The maximum Gasteiger partial charge on any atom is 0.181 e. The van der Waals surface area contributed by atoms with Crippen molar-refractivity contribution in [2.45, 2.75) is 194 Å². The molecule has 1 rings (SSSR count). The predicted molar refractivity (Wildman–Crippen MR) is 220 cm³/mol. The van der Waals surface area contributed by atoms with Crippen molar-refractivity contribution >= 4 is 0 Å². The quantitative estimate of drug-likeness (QED) is 0.0372. The lowest BCUT2D eigenvalue weighted by atomic mass is 10.1. The first kappa shape index (κ1) is 45.3. The molecule has 3 heteroatoms. The van der Waals surface area contributed by atoms with E-state index in [0.717, 1.165) is 44.8 Å². The SMILES string of the molecule is C=C(OCCCN1CCCCC1)N(CCCCCCCC/C=C\C/C=C\CCCCC)CCCCCCCC/C=C\C/C=C\CCCCC. The number of piperidine rings is 1. The minimum atomic E-state index is 0.805. The van der Waals surface area contributed by atoms with Crippen LogP contribution in [0.4, 0.5) is 0 Å². The molecule has 49 heavy (non-hydrogen) atoms. The molecule has 0 atom stereocenters. The van der Waals surface area contributed by atoms with Crippen LogP contribution in [0.25, 0.3) is 0 Å². The monoisotopic (exact) mass is 681 g/mol. The summed E-state index contributed by atoms with van der Waals surface area (Å²) in [6.45, 7) is 15.6. The van der Waals surface area contributed by atoms with E-state index in [0.29, 0.717) is 0 Å². The number of nitrogens with zero attached hydrogens (tertiary/aromatic N) is 2. The van der Waals surface area contributed by atoms with Gasteiger partial charge in [0.15, 0.2) is 5.88 Å². The second kappa shape index (κ2) is 37.5. The Hall–Kier alpha value is -1.74. The van der Waals surface area contributed by atoms with Crippen LogP contribution in [0.5, 0.6) is 0 Å². The molecule has 0 aliphatic carbocycles. The molecular formula is C46H84N2O. The normalized spacial score (nSPS) is 14.3. The summed E-state index contributed by atoms with van der Waals surface area (Å²) in [4.78, 5) is 5.08. The number of allylic oxidation sites excluding steroid dienone is 8. The molecular weight excluding hydrogens is 597 g/mol. The third-order valence-corrected chi connectivity index (χ3v) is 9.95. The van der Waals surface area contributed by atoms with Crippen LogP contribution in [0.1, 0.15) is 194 Å². The van der Waals surface area contributed by atoms with E-state index in [-0.39, 0.29) is 0 Å². The Bertz CT molecular complexity index is 758. The van der Waals surface area contributed by atoms with E-state index >= 15 is 0 Å². The van der Waals surface area contributed by atoms with E-state index in [1.54, 1.807) is 0 Å². The van der Waals surface area contributed by atoms with Gasteiger partial charge in [-0.1, -0.05) is 146 Å². The van der Waals surface area contributed by atoms with Gasteiger partial charge in [0, 0.05) is 19.6 Å². The van der Waals surface area contributed by atoms with Crippen molar-refractivity contribution in [3.63, 3.8) is 0 Å². The lowest BCUT2D eigenvalue weighted by Gasteiger charge is -2.28. The van der Waals surface area contributed by atoms with Crippen molar-refractivity contribution < 1.29 is 4.74 Å². The maximum absolute atomic E-state index is 6.24. The molecule has 0 aromatic rings. The molecule has 1 heterocycles. The van der Waals surface area contributed by atoms with E-state index < -0.39 is 0 Å². The molecule has 0 unspecified atom stereocenters. The van der Waals surface area contributed by atoms with Gasteiger partial charge < -0.3 is 14.5 Å². The summed E-state index contributed by atoms with van der Waals surface area (Å²) in [6.07, 6.45) is 55.3. The average Bonchev–Trinajstić information content (AvgIpc) is 3.12. The number of likely N-dealkylation sites (tertiary alicyclic amines) is 1. The third-order valence-electron chi connectivity index (χ3n) is 9.95. The van der Waals surface area contributed by atoms with E-state index in [9.17, 15) is 0 Å². The summed E-state index contributed by atoms with van der Waals surface area (Å²) in [6, 6.07) is 0. The van der Waals surface area contributed by atoms with E-state index in [4.69, 9.17) is 4.74 Å². The molecule has 0 bridgehead atoms. The fourth-order valence-corrected chi connectivity index (χ4v) is 6.70. The standard InChI is InChI=1S/C46H84N2O/c1-4-6-8-10-12-14-16-18-20-22-24-26-28-30-32-37-43-48(46(3)49-45-39-42-47-40-35-34-36-41-47)44-38-33-31-29-27-25-23-21-19-17-15-13-11-9-7-5-2/h12-15,18-21H,3-11,16-17,22-45H2,1-2H3/b14-12-,15-13-,20-18-,21-19-. The first-order valence-corrected chi connectivity index (χ1v) is 21.7. The lowest BCUT2D eigenvalue weighted by molar-refractivity contribution is 0.100. The fourth-order valence-electron chi connectivity index (χ4n) is 6.70. The highest BCUT2D eigenvalue weighted by Gasteiger charge is 2.11. The largest absolute Gasteiger partial charge is 0.479 e. The summed E-state index contributed by atoms with van der Waals surface area (Å²) in [5, 5.41) is 0. The molecule has 284 valence electrons. The van der Waals surface area contributed by atoms with Crippen molar-refractivity contribution in [2.75, 3.05) is 39.3 Å². The molecule has 0 spiro atoms. The molecule has 0 amide bonds. The van der Waals surface area contributed by atoms with Crippen molar-refractivity contribution in [2.24, 2.45) is 0 Å². The summed E-state index contributed by atoms with van der Waals surface area (Å²) in [5.74, 6) is 0.920. The zero-order chi connectivity index (χ0) is 35.1. The van der Waals surface area contributed by atoms with Crippen molar-refractivity contribution in [3.8, 4) is 0 Å². The van der Waals surface area contributed by atoms with Gasteiger partial charge in [-0.25, -0.2) is 0 Å². The summed E-state index contributed by atoms with van der Waals surface area (Å²) >= 11 is 0. The number of hydrogen-bond donors (Lipinski definition) is 0. The Balaban J connectivity index is 2.18. The number of unbranched alkanes of at least 4 members (excludes halogenated alkanes) is 18. The Labute approximate surface area is 307 Å². The van der Waals surface area contributed by atoms with Crippen LogP contribution in [0.3, 0.4) is 0 Å². The smallest absolute Gasteiger partial charge is 0.181 e. The minimum absolute atomic E-state index is 0.805. The molecule has 1 aliphatic heterocycles. The maximum atomic E-state index is 6.24. The Morgan fingerprint density at radius 3 is 1.37 bits per heavy atom. The zero-order valence-electron chi connectivity index (χ0n) is 33.2. The first-order chi connectivity index (χ1) is 24.3. The van der Waals surface area contributed by atoms with Crippen LogP contribution >= 0.6 is 0 Å². The van der Waals surface area contributed by atoms with Gasteiger partial charge in [-0.3, -0.25) is 0 Å². The second-order valence-corrected chi connectivity index (χ2v) is 14.7. The fraction of sp³-hybridized carbons (Fsp3) is 0.783. The summed E-state index contributed by atoms with van der Waals surface area (Å²) < 4.78 is 6.24. The molecule has 0 aromatic carbocycles. The Kier molecular flexibility index (Phi) is 34.7. The highest BCUT2D eigenvalue weighted by atomic mass is 16.5. The Morgan fingerprint density at radius 1 is 0.510 bits per heavy atom. The van der Waals surface area contributed by atoms with E-state index in [2.05, 4.69) is 78.8 Å². The minimum Gasteiger partial charge on any atom is -0.479 e. The van der Waals surface area contributed by atoms with Crippen LogP contribution in [0, 0.1) is 0 Å². The van der Waals surface area contributed by atoms with Crippen LogP contribution in [-0.4, -0.2) is 49.1 Å². The molecule has 1 fully saturated rings. The molecule has 1 aliphatic rings. The van der Waals surface area contributed by atoms with Crippen molar-refractivity contribution in [1.82, 2.24) is 9.80 Å².